The van der Waals surface area contributed by atoms with Gasteiger partial charge in [0.25, 0.3) is 0 Å². The molecule has 0 spiro atoms. The molecule has 1 aromatic carbocycles. The van der Waals surface area contributed by atoms with E-state index in [0.717, 1.165) is 24.3 Å². The Morgan fingerprint density at radius 1 is 1.11 bits per heavy atom. The molecule has 0 bridgehead atoms. The number of aromatic nitrogens is 3. The number of fused-ring (bicyclic) bond motifs is 1. The summed E-state index contributed by atoms with van der Waals surface area (Å²) in [6, 6.07) is 5.59. The minimum Gasteiger partial charge on any atom is -0.495 e. The zero-order chi connectivity index (χ0) is 27.4. The van der Waals surface area contributed by atoms with Crippen LogP contribution < -0.4 is 14.4 Å². The van der Waals surface area contributed by atoms with Gasteiger partial charge in [-0.3, -0.25) is 4.40 Å². The molecule has 0 radical (unpaired) electrons. The van der Waals surface area contributed by atoms with Gasteiger partial charge < -0.3 is 28.9 Å². The van der Waals surface area contributed by atoms with Crippen molar-refractivity contribution < 1.29 is 19.0 Å². The van der Waals surface area contributed by atoms with E-state index in [1.165, 1.54) is 0 Å². The van der Waals surface area contributed by atoms with Crippen LogP contribution in [-0.2, 0) is 4.74 Å². The Balaban J connectivity index is 1.51. The largest absolute Gasteiger partial charge is 0.495 e. The first-order valence-corrected chi connectivity index (χ1v) is 13.2. The number of halogens is 1. The van der Waals surface area contributed by atoms with E-state index in [1.54, 1.807) is 18.1 Å². The topological polar surface area (TPSA) is 84.7 Å². The van der Waals surface area contributed by atoms with Crippen LogP contribution in [0.2, 0.25) is 5.02 Å². The zero-order valence-corrected chi connectivity index (χ0v) is 23.8. The Bertz CT molecular complexity index is 1260. The van der Waals surface area contributed by atoms with Crippen molar-refractivity contribution in [2.75, 3.05) is 65.4 Å². The molecule has 3 aromatic rings. The number of imidazole rings is 1. The van der Waals surface area contributed by atoms with Gasteiger partial charge in [0.2, 0.25) is 5.78 Å². The number of nitrogens with zero attached hydrogens (tertiary/aromatic N) is 6. The van der Waals surface area contributed by atoms with Gasteiger partial charge in [0.1, 0.15) is 22.9 Å². The fourth-order valence-corrected chi connectivity index (χ4v) is 4.43. The first kappa shape index (κ1) is 27.8. The number of carbonyl (C=O) groups excluding carboxylic acids is 1. The first-order valence-electron chi connectivity index (χ1n) is 12.8. The summed E-state index contributed by atoms with van der Waals surface area (Å²) in [5.41, 5.74) is 0.972. The fourth-order valence-electron chi connectivity index (χ4n) is 4.19. The maximum atomic E-state index is 12.4. The third kappa shape index (κ3) is 6.79. The number of rotatable bonds is 8. The number of amides is 1. The Hall–Kier alpha value is -3.24. The van der Waals surface area contributed by atoms with Crippen LogP contribution in [0, 0.1) is 0 Å². The summed E-state index contributed by atoms with van der Waals surface area (Å²) in [7, 11) is 5.66. The number of ether oxygens (including phenoxy) is 3. The molecule has 4 rings (SSSR count). The maximum absolute atomic E-state index is 12.4. The number of benzene rings is 1. The zero-order valence-electron chi connectivity index (χ0n) is 23.0. The highest BCUT2D eigenvalue weighted by Gasteiger charge is 2.26. The van der Waals surface area contributed by atoms with Gasteiger partial charge in [0.15, 0.2) is 0 Å². The lowest BCUT2D eigenvalue weighted by atomic mass is 10.1. The molecule has 1 aliphatic rings. The van der Waals surface area contributed by atoms with Crippen molar-refractivity contribution in [3.05, 3.63) is 35.6 Å². The monoisotopic (exact) mass is 544 g/mol. The van der Waals surface area contributed by atoms with Crippen molar-refractivity contribution in [2.45, 2.75) is 32.8 Å². The summed E-state index contributed by atoms with van der Waals surface area (Å²) in [4.78, 5) is 28.0. The molecule has 206 valence electrons. The van der Waals surface area contributed by atoms with Crippen molar-refractivity contribution in [3.63, 3.8) is 0 Å². The standard InChI is InChI=1S/C27H37ClN6O4/c1-27(2,3)38-26(35)33-13-11-32(12-14-33)24-8-10-34-18-21(29-25(34)30-24)19-16-20(28)23(36-6)17-22(19)37-15-7-9-31(4)5/h8,10,16-18H,7,9,11-15H2,1-6H3. The highest BCUT2D eigenvalue weighted by Crippen LogP contribution is 2.38. The SMILES string of the molecule is COc1cc(OCCCN(C)C)c(-c2cn3ccc(N4CCN(C(=O)OC(C)(C)C)CC4)nc3n2)cc1Cl. The summed E-state index contributed by atoms with van der Waals surface area (Å²) in [6.45, 7) is 9.57. The van der Waals surface area contributed by atoms with E-state index < -0.39 is 5.60 Å². The molecule has 1 amide bonds. The van der Waals surface area contributed by atoms with Gasteiger partial charge in [-0.2, -0.15) is 4.98 Å². The number of hydrogen-bond acceptors (Lipinski definition) is 8. The number of methoxy groups -OCH3 is 1. The molecule has 0 N–H and O–H groups in total. The van der Waals surface area contributed by atoms with Gasteiger partial charge in [-0.05, 0) is 53.4 Å². The van der Waals surface area contributed by atoms with E-state index in [4.69, 9.17) is 35.8 Å². The highest BCUT2D eigenvalue weighted by atomic mass is 35.5. The fraction of sp³-hybridized carbons (Fsp3) is 0.519. The summed E-state index contributed by atoms with van der Waals surface area (Å²) in [5.74, 6) is 2.59. The molecule has 0 saturated carbocycles. The number of piperazine rings is 1. The average molecular weight is 545 g/mol. The third-order valence-electron chi connectivity index (χ3n) is 6.10. The Morgan fingerprint density at radius 3 is 2.50 bits per heavy atom. The minimum absolute atomic E-state index is 0.281. The van der Waals surface area contributed by atoms with Crippen LogP contribution in [0.25, 0.3) is 17.0 Å². The van der Waals surface area contributed by atoms with Crippen LogP contribution in [0.5, 0.6) is 11.5 Å². The van der Waals surface area contributed by atoms with Gasteiger partial charge in [-0.1, -0.05) is 11.6 Å². The second-order valence-electron chi connectivity index (χ2n) is 10.6. The Labute approximate surface area is 229 Å². The molecule has 2 aromatic heterocycles. The van der Waals surface area contributed by atoms with E-state index >= 15 is 0 Å². The van der Waals surface area contributed by atoms with Crippen LogP contribution in [-0.4, -0.2) is 96.4 Å². The molecule has 0 unspecified atom stereocenters. The molecule has 0 aliphatic carbocycles. The lowest BCUT2D eigenvalue weighted by Crippen LogP contribution is -2.50. The highest BCUT2D eigenvalue weighted by molar-refractivity contribution is 6.32. The van der Waals surface area contributed by atoms with Crippen molar-refractivity contribution in [3.8, 4) is 22.8 Å². The minimum atomic E-state index is -0.509. The Morgan fingerprint density at radius 2 is 1.84 bits per heavy atom. The van der Waals surface area contributed by atoms with Crippen molar-refractivity contribution in [2.24, 2.45) is 0 Å². The smallest absolute Gasteiger partial charge is 0.410 e. The molecule has 3 heterocycles. The lowest BCUT2D eigenvalue weighted by Gasteiger charge is -2.36. The third-order valence-corrected chi connectivity index (χ3v) is 6.40. The van der Waals surface area contributed by atoms with Crippen LogP contribution in [0.3, 0.4) is 0 Å². The van der Waals surface area contributed by atoms with Gasteiger partial charge in [0.05, 0.1) is 24.4 Å². The van der Waals surface area contributed by atoms with Gasteiger partial charge >= 0.3 is 6.09 Å². The summed E-state index contributed by atoms with van der Waals surface area (Å²) in [6.07, 6.45) is 4.46. The van der Waals surface area contributed by atoms with E-state index in [2.05, 4.69) is 9.80 Å². The van der Waals surface area contributed by atoms with E-state index in [1.807, 2.05) is 63.8 Å². The molecular weight excluding hydrogens is 508 g/mol. The van der Waals surface area contributed by atoms with Crippen molar-refractivity contribution in [1.29, 1.82) is 0 Å². The van der Waals surface area contributed by atoms with Gasteiger partial charge in [-0.25, -0.2) is 9.78 Å². The maximum Gasteiger partial charge on any atom is 0.410 e. The van der Waals surface area contributed by atoms with Crippen LogP contribution in [0.4, 0.5) is 10.6 Å². The molecule has 1 fully saturated rings. The normalized spacial score (nSPS) is 14.3. The first-order chi connectivity index (χ1) is 18.0. The molecule has 1 saturated heterocycles. The van der Waals surface area contributed by atoms with Crippen LogP contribution in [0.15, 0.2) is 30.6 Å². The predicted molar refractivity (Wildman–Crippen MR) is 149 cm³/mol. The predicted octanol–water partition coefficient (Wildman–Crippen LogP) is 4.45. The number of hydrogen-bond donors (Lipinski definition) is 0. The van der Waals surface area contributed by atoms with Crippen LogP contribution in [0.1, 0.15) is 27.2 Å². The second kappa shape index (κ2) is 11.7. The van der Waals surface area contributed by atoms with Crippen molar-refractivity contribution >= 4 is 29.3 Å². The number of carbonyl (C=O) groups is 1. The van der Waals surface area contributed by atoms with Gasteiger partial charge in [0, 0.05) is 56.7 Å². The molecule has 10 nitrogen and oxygen atoms in total. The summed E-state index contributed by atoms with van der Waals surface area (Å²) < 4.78 is 18.9. The number of anilines is 1. The molecule has 38 heavy (non-hydrogen) atoms. The Kier molecular flexibility index (Phi) is 8.52. The van der Waals surface area contributed by atoms with Crippen molar-refractivity contribution in [1.82, 2.24) is 24.2 Å². The molecule has 1 aliphatic heterocycles. The molecule has 11 heteroatoms. The van der Waals surface area contributed by atoms with E-state index in [-0.39, 0.29) is 6.09 Å². The summed E-state index contributed by atoms with van der Waals surface area (Å²) in [5, 5.41) is 0.483. The summed E-state index contributed by atoms with van der Waals surface area (Å²) >= 11 is 6.47. The van der Waals surface area contributed by atoms with Gasteiger partial charge in [-0.15, -0.1) is 0 Å². The van der Waals surface area contributed by atoms with E-state index in [9.17, 15) is 4.79 Å². The molecular formula is C27H37ClN6O4. The molecule has 0 atom stereocenters. The lowest BCUT2D eigenvalue weighted by molar-refractivity contribution is 0.0240. The van der Waals surface area contributed by atoms with E-state index in [0.29, 0.717) is 60.8 Å². The second-order valence-corrected chi connectivity index (χ2v) is 11.0. The average Bonchev–Trinajstić information content (AvgIpc) is 3.29. The quantitative estimate of drug-likeness (QED) is 0.385. The van der Waals surface area contributed by atoms with Crippen LogP contribution >= 0.6 is 11.6 Å².